The van der Waals surface area contributed by atoms with Crippen molar-refractivity contribution in [1.29, 1.82) is 0 Å². The fourth-order valence-corrected chi connectivity index (χ4v) is 2.79. The van der Waals surface area contributed by atoms with E-state index in [1.54, 1.807) is 0 Å². The number of fused-ring (bicyclic) bond motifs is 1. The average molecular weight is 240 g/mol. The molecule has 1 unspecified atom stereocenters. The van der Waals surface area contributed by atoms with E-state index in [1.807, 2.05) is 12.3 Å². The zero-order chi connectivity index (χ0) is 12.4. The van der Waals surface area contributed by atoms with Gasteiger partial charge >= 0.3 is 0 Å². The van der Waals surface area contributed by atoms with Crippen LogP contribution in [0.15, 0.2) is 36.5 Å². The van der Waals surface area contributed by atoms with Gasteiger partial charge in [-0.1, -0.05) is 24.3 Å². The molecule has 0 amide bonds. The van der Waals surface area contributed by atoms with E-state index in [4.69, 9.17) is 0 Å². The highest BCUT2D eigenvalue weighted by atomic mass is 14.9. The molecule has 0 aliphatic heterocycles. The van der Waals surface area contributed by atoms with Gasteiger partial charge in [-0.05, 0) is 50.3 Å². The van der Waals surface area contributed by atoms with Crippen molar-refractivity contribution in [2.24, 2.45) is 5.92 Å². The molecule has 2 aromatic rings. The van der Waals surface area contributed by atoms with Gasteiger partial charge < -0.3 is 5.32 Å². The van der Waals surface area contributed by atoms with Crippen molar-refractivity contribution in [3.05, 3.63) is 42.1 Å². The Balaban J connectivity index is 1.77. The van der Waals surface area contributed by atoms with E-state index >= 15 is 0 Å². The van der Waals surface area contributed by atoms with E-state index in [0.29, 0.717) is 6.04 Å². The smallest absolute Gasteiger partial charge is 0.0733 e. The number of pyridine rings is 1. The molecule has 1 aliphatic carbocycles. The van der Waals surface area contributed by atoms with Crippen LogP contribution >= 0.6 is 0 Å². The third-order valence-corrected chi connectivity index (χ3v) is 4.00. The Morgan fingerprint density at radius 2 is 2.11 bits per heavy atom. The van der Waals surface area contributed by atoms with Gasteiger partial charge in [0.25, 0.3) is 0 Å². The van der Waals surface area contributed by atoms with Gasteiger partial charge in [-0.15, -0.1) is 0 Å². The number of nitrogens with one attached hydrogen (secondary N) is 1. The second kappa shape index (κ2) is 5.07. The van der Waals surface area contributed by atoms with Crippen LogP contribution in [0.2, 0.25) is 0 Å². The molecular weight excluding hydrogens is 220 g/mol. The van der Waals surface area contributed by atoms with Crippen LogP contribution < -0.4 is 5.32 Å². The first-order valence-electron chi connectivity index (χ1n) is 6.88. The first-order chi connectivity index (χ1) is 8.88. The van der Waals surface area contributed by atoms with E-state index < -0.39 is 0 Å². The summed E-state index contributed by atoms with van der Waals surface area (Å²) >= 11 is 0. The molecule has 1 aromatic heterocycles. The third-order valence-electron chi connectivity index (χ3n) is 4.00. The molecule has 2 heteroatoms. The zero-order valence-electron chi connectivity index (χ0n) is 10.9. The normalized spacial score (nSPS) is 16.9. The maximum Gasteiger partial charge on any atom is 0.0733 e. The minimum atomic E-state index is 0.684. The molecule has 0 spiro atoms. The summed E-state index contributed by atoms with van der Waals surface area (Å²) in [7, 11) is 2.09. The highest BCUT2D eigenvalue weighted by Gasteiger charge is 2.29. The van der Waals surface area contributed by atoms with E-state index in [9.17, 15) is 0 Å². The van der Waals surface area contributed by atoms with Gasteiger partial charge in [-0.3, -0.25) is 4.98 Å². The Hall–Kier alpha value is -1.41. The molecule has 1 aliphatic rings. The molecule has 0 bridgehead atoms. The van der Waals surface area contributed by atoms with E-state index in [-0.39, 0.29) is 0 Å². The van der Waals surface area contributed by atoms with Crippen molar-refractivity contribution in [1.82, 2.24) is 10.3 Å². The van der Waals surface area contributed by atoms with Gasteiger partial charge in [0, 0.05) is 17.6 Å². The van der Waals surface area contributed by atoms with Crippen molar-refractivity contribution in [2.45, 2.75) is 31.7 Å². The van der Waals surface area contributed by atoms with Crippen LogP contribution in [0.5, 0.6) is 0 Å². The topological polar surface area (TPSA) is 24.9 Å². The molecular formula is C16H20N2. The summed E-state index contributed by atoms with van der Waals surface area (Å²) in [6.45, 7) is 0. The van der Waals surface area contributed by atoms with Crippen molar-refractivity contribution in [2.75, 3.05) is 7.05 Å². The van der Waals surface area contributed by atoms with Crippen molar-refractivity contribution in [3.63, 3.8) is 0 Å². The van der Waals surface area contributed by atoms with Crippen LogP contribution in [0.25, 0.3) is 10.9 Å². The largest absolute Gasteiger partial charge is 0.317 e. The van der Waals surface area contributed by atoms with E-state index in [0.717, 1.165) is 12.3 Å². The molecule has 1 aromatic carbocycles. The lowest BCUT2D eigenvalue weighted by Gasteiger charge is -2.15. The van der Waals surface area contributed by atoms with Crippen LogP contribution in [0.4, 0.5) is 0 Å². The summed E-state index contributed by atoms with van der Waals surface area (Å²) in [5, 5.41) is 4.71. The number of aryl methyl sites for hydroxylation is 1. The Morgan fingerprint density at radius 3 is 2.89 bits per heavy atom. The molecule has 18 heavy (non-hydrogen) atoms. The van der Waals surface area contributed by atoms with Gasteiger partial charge in [0.05, 0.1) is 5.52 Å². The highest BCUT2D eigenvalue weighted by Crippen LogP contribution is 2.34. The maximum atomic E-state index is 4.53. The first-order valence-corrected chi connectivity index (χ1v) is 6.88. The van der Waals surface area contributed by atoms with Crippen LogP contribution in [0.3, 0.4) is 0 Å². The number of para-hydroxylation sites is 1. The standard InChI is InChI=1S/C16H20N2/c1-17-15(12-7-8-12)10-9-14-5-2-4-13-6-3-11-18-16(13)14/h2-6,11-12,15,17H,7-10H2,1H3. The van der Waals surface area contributed by atoms with Crippen LogP contribution in [0.1, 0.15) is 24.8 Å². The van der Waals surface area contributed by atoms with Gasteiger partial charge in [-0.2, -0.15) is 0 Å². The number of hydrogen-bond donors (Lipinski definition) is 1. The fourth-order valence-electron chi connectivity index (χ4n) is 2.79. The van der Waals surface area contributed by atoms with Crippen molar-refractivity contribution >= 4 is 10.9 Å². The first kappa shape index (κ1) is 11.7. The number of rotatable bonds is 5. The molecule has 94 valence electrons. The maximum absolute atomic E-state index is 4.53. The van der Waals surface area contributed by atoms with Crippen molar-refractivity contribution in [3.8, 4) is 0 Å². The minimum Gasteiger partial charge on any atom is -0.317 e. The lowest BCUT2D eigenvalue weighted by Crippen LogP contribution is -2.27. The molecule has 0 radical (unpaired) electrons. The molecule has 3 rings (SSSR count). The molecule has 1 saturated carbocycles. The number of benzene rings is 1. The summed E-state index contributed by atoms with van der Waals surface area (Å²) in [6, 6.07) is 11.3. The molecule has 1 atom stereocenters. The summed E-state index contributed by atoms with van der Waals surface area (Å²) in [5.41, 5.74) is 2.56. The van der Waals surface area contributed by atoms with E-state index in [2.05, 4.69) is 41.6 Å². The van der Waals surface area contributed by atoms with Gasteiger partial charge in [0.15, 0.2) is 0 Å². The summed E-state index contributed by atoms with van der Waals surface area (Å²) in [6.07, 6.45) is 7.04. The lowest BCUT2D eigenvalue weighted by atomic mass is 10.00. The molecule has 1 N–H and O–H groups in total. The number of nitrogens with zero attached hydrogens (tertiary/aromatic N) is 1. The monoisotopic (exact) mass is 240 g/mol. The fraction of sp³-hybridized carbons (Fsp3) is 0.438. The summed E-state index contributed by atoms with van der Waals surface area (Å²) < 4.78 is 0. The Labute approximate surface area is 108 Å². The molecule has 0 saturated heterocycles. The lowest BCUT2D eigenvalue weighted by molar-refractivity contribution is 0.471. The third kappa shape index (κ3) is 2.39. The van der Waals surface area contributed by atoms with Crippen LogP contribution in [-0.2, 0) is 6.42 Å². The summed E-state index contributed by atoms with van der Waals surface area (Å²) in [5.74, 6) is 0.915. The van der Waals surface area contributed by atoms with Crippen LogP contribution in [0, 0.1) is 5.92 Å². The molecule has 1 fully saturated rings. The van der Waals surface area contributed by atoms with Gasteiger partial charge in [0.1, 0.15) is 0 Å². The Bertz CT molecular complexity index is 526. The second-order valence-electron chi connectivity index (χ2n) is 5.26. The predicted octanol–water partition coefficient (Wildman–Crippen LogP) is 3.17. The van der Waals surface area contributed by atoms with Crippen molar-refractivity contribution < 1.29 is 0 Å². The number of hydrogen-bond acceptors (Lipinski definition) is 2. The SMILES string of the molecule is CNC(CCc1cccc2cccnc12)C1CC1. The van der Waals surface area contributed by atoms with Gasteiger partial charge in [-0.25, -0.2) is 0 Å². The second-order valence-corrected chi connectivity index (χ2v) is 5.26. The highest BCUT2D eigenvalue weighted by molar-refractivity contribution is 5.81. The quantitative estimate of drug-likeness (QED) is 0.868. The Kier molecular flexibility index (Phi) is 3.28. The predicted molar refractivity (Wildman–Crippen MR) is 75.6 cm³/mol. The molecule has 2 nitrogen and oxygen atoms in total. The molecule has 1 heterocycles. The van der Waals surface area contributed by atoms with E-state index in [1.165, 1.54) is 35.7 Å². The van der Waals surface area contributed by atoms with Crippen LogP contribution in [-0.4, -0.2) is 18.1 Å². The summed E-state index contributed by atoms with van der Waals surface area (Å²) in [4.78, 5) is 4.53. The number of aromatic nitrogens is 1. The minimum absolute atomic E-state index is 0.684. The average Bonchev–Trinajstić information content (AvgIpc) is 3.24. The Morgan fingerprint density at radius 1 is 1.28 bits per heavy atom. The van der Waals surface area contributed by atoms with Gasteiger partial charge in [0.2, 0.25) is 0 Å². The zero-order valence-corrected chi connectivity index (χ0v) is 10.9.